The number of carbonyl (C=O) groups is 1. The van der Waals surface area contributed by atoms with E-state index in [2.05, 4.69) is 14.5 Å². The zero-order chi connectivity index (χ0) is 15.8. The van der Waals surface area contributed by atoms with Crippen molar-refractivity contribution in [2.45, 2.75) is 50.2 Å². The van der Waals surface area contributed by atoms with Crippen LogP contribution in [0.2, 0.25) is 5.02 Å². The van der Waals surface area contributed by atoms with Crippen LogP contribution in [0.5, 0.6) is 0 Å². The zero-order valence-electron chi connectivity index (χ0n) is 12.9. The Morgan fingerprint density at radius 1 is 1.17 bits per heavy atom. The highest BCUT2D eigenvalue weighted by molar-refractivity contribution is 6.31. The molecule has 2 atom stereocenters. The maximum Gasteiger partial charge on any atom is 0.227 e. The van der Waals surface area contributed by atoms with Crippen molar-refractivity contribution < 1.29 is 4.79 Å². The Hall–Kier alpha value is -1.81. The van der Waals surface area contributed by atoms with Crippen LogP contribution in [0.25, 0.3) is 0 Å². The fourth-order valence-electron chi connectivity index (χ4n) is 4.18. The highest BCUT2D eigenvalue weighted by atomic mass is 35.5. The van der Waals surface area contributed by atoms with Crippen LogP contribution in [0.4, 0.5) is 0 Å². The Balaban J connectivity index is 1.48. The normalized spacial score (nSPS) is 26.5. The summed E-state index contributed by atoms with van der Waals surface area (Å²) in [6, 6.07) is 8.82. The van der Waals surface area contributed by atoms with Gasteiger partial charge in [-0.2, -0.15) is 0 Å². The summed E-state index contributed by atoms with van der Waals surface area (Å²) in [4.78, 5) is 19.1. The summed E-state index contributed by atoms with van der Waals surface area (Å²) in [6.45, 7) is 0. The smallest absolute Gasteiger partial charge is 0.227 e. The van der Waals surface area contributed by atoms with Gasteiger partial charge in [-0.05, 0) is 37.3 Å². The highest BCUT2D eigenvalue weighted by Crippen LogP contribution is 2.41. The Labute approximate surface area is 141 Å². The molecule has 2 bridgehead atoms. The van der Waals surface area contributed by atoms with E-state index < -0.39 is 0 Å². The second-order valence-electron chi connectivity index (χ2n) is 6.59. The standard InChI is InChI=1S/C18H20ClN3O/c19-17-4-2-1-3-13(17)9-18(23)22-14-5-6-15(22)11-16(10-14)21-8-7-20-12-21/h1-4,7-8,12,14-16H,5-6,9-11H2. The van der Waals surface area contributed by atoms with E-state index in [4.69, 9.17) is 11.6 Å². The van der Waals surface area contributed by atoms with E-state index in [1.807, 2.05) is 43.0 Å². The zero-order valence-corrected chi connectivity index (χ0v) is 13.7. The summed E-state index contributed by atoms with van der Waals surface area (Å²) < 4.78 is 2.20. The molecule has 0 saturated carbocycles. The van der Waals surface area contributed by atoms with Gasteiger partial charge in [-0.1, -0.05) is 29.8 Å². The third kappa shape index (κ3) is 2.76. The number of imidazole rings is 1. The van der Waals surface area contributed by atoms with Crippen molar-refractivity contribution >= 4 is 17.5 Å². The monoisotopic (exact) mass is 329 g/mol. The number of carbonyl (C=O) groups excluding carboxylic acids is 1. The molecule has 0 N–H and O–H groups in total. The summed E-state index contributed by atoms with van der Waals surface area (Å²) in [5, 5.41) is 0.682. The first-order chi connectivity index (χ1) is 11.2. The van der Waals surface area contributed by atoms with Gasteiger partial charge in [-0.25, -0.2) is 4.98 Å². The first kappa shape index (κ1) is 14.8. The Kier molecular flexibility index (Phi) is 3.85. The van der Waals surface area contributed by atoms with Gasteiger partial charge >= 0.3 is 0 Å². The molecule has 0 aliphatic carbocycles. The molecule has 1 aromatic heterocycles. The van der Waals surface area contributed by atoms with Crippen molar-refractivity contribution in [2.24, 2.45) is 0 Å². The fourth-order valence-corrected chi connectivity index (χ4v) is 4.38. The number of fused-ring (bicyclic) bond motifs is 2. The maximum atomic E-state index is 12.8. The molecule has 2 aliphatic heterocycles. The lowest BCUT2D eigenvalue weighted by Crippen LogP contribution is -2.47. The van der Waals surface area contributed by atoms with Crippen molar-refractivity contribution in [2.75, 3.05) is 0 Å². The number of piperidine rings is 1. The molecule has 2 unspecified atom stereocenters. The van der Waals surface area contributed by atoms with Gasteiger partial charge in [0.25, 0.3) is 0 Å². The largest absolute Gasteiger partial charge is 0.336 e. The SMILES string of the molecule is O=C(Cc1ccccc1Cl)N1C2CCC1CC(n1ccnc1)C2. The van der Waals surface area contributed by atoms with E-state index in [1.54, 1.807) is 0 Å². The van der Waals surface area contributed by atoms with Gasteiger partial charge in [0.1, 0.15) is 0 Å². The molecule has 0 spiro atoms. The number of amides is 1. The number of hydrogen-bond donors (Lipinski definition) is 0. The van der Waals surface area contributed by atoms with Gasteiger partial charge in [0.05, 0.1) is 12.7 Å². The van der Waals surface area contributed by atoms with Crippen molar-refractivity contribution in [1.82, 2.24) is 14.5 Å². The van der Waals surface area contributed by atoms with Crippen LogP contribution in [-0.4, -0.2) is 32.4 Å². The van der Waals surface area contributed by atoms with Crippen molar-refractivity contribution in [3.63, 3.8) is 0 Å². The van der Waals surface area contributed by atoms with Crippen molar-refractivity contribution in [3.05, 3.63) is 53.6 Å². The van der Waals surface area contributed by atoms with E-state index in [9.17, 15) is 4.79 Å². The van der Waals surface area contributed by atoms with Gasteiger partial charge in [0.15, 0.2) is 0 Å². The second-order valence-corrected chi connectivity index (χ2v) is 7.00. The molecule has 2 saturated heterocycles. The van der Waals surface area contributed by atoms with Crippen LogP contribution in [-0.2, 0) is 11.2 Å². The van der Waals surface area contributed by atoms with Crippen molar-refractivity contribution in [3.8, 4) is 0 Å². The summed E-state index contributed by atoms with van der Waals surface area (Å²) in [5.74, 6) is 0.217. The van der Waals surface area contributed by atoms with Crippen LogP contribution in [0, 0.1) is 0 Å². The van der Waals surface area contributed by atoms with Gasteiger partial charge in [-0.3, -0.25) is 4.79 Å². The first-order valence-electron chi connectivity index (χ1n) is 8.24. The van der Waals surface area contributed by atoms with E-state index in [1.165, 1.54) is 0 Å². The molecule has 5 heteroatoms. The molecule has 4 nitrogen and oxygen atoms in total. The lowest BCUT2D eigenvalue weighted by molar-refractivity contribution is -0.135. The van der Waals surface area contributed by atoms with E-state index in [0.29, 0.717) is 29.6 Å². The molecule has 23 heavy (non-hydrogen) atoms. The van der Waals surface area contributed by atoms with Crippen LogP contribution in [0.3, 0.4) is 0 Å². The molecule has 4 rings (SSSR count). The number of aromatic nitrogens is 2. The van der Waals surface area contributed by atoms with E-state index in [-0.39, 0.29) is 5.91 Å². The van der Waals surface area contributed by atoms with Gasteiger partial charge < -0.3 is 9.47 Å². The number of benzene rings is 1. The minimum atomic E-state index is 0.217. The predicted molar refractivity (Wildman–Crippen MR) is 89.3 cm³/mol. The first-order valence-corrected chi connectivity index (χ1v) is 8.62. The topological polar surface area (TPSA) is 38.1 Å². The molecule has 2 aliphatic rings. The molecule has 120 valence electrons. The minimum Gasteiger partial charge on any atom is -0.336 e. The summed E-state index contributed by atoms with van der Waals surface area (Å²) >= 11 is 6.21. The molecular weight excluding hydrogens is 310 g/mol. The lowest BCUT2D eigenvalue weighted by atomic mass is 9.96. The fraction of sp³-hybridized carbons (Fsp3) is 0.444. The average molecular weight is 330 g/mol. The molecular formula is C18H20ClN3O. The average Bonchev–Trinajstić information content (AvgIpc) is 3.16. The molecule has 2 fully saturated rings. The number of halogens is 1. The maximum absolute atomic E-state index is 12.8. The van der Waals surface area contributed by atoms with Crippen LogP contribution >= 0.6 is 11.6 Å². The lowest BCUT2D eigenvalue weighted by Gasteiger charge is -2.39. The van der Waals surface area contributed by atoms with Gasteiger partial charge in [-0.15, -0.1) is 0 Å². The summed E-state index contributed by atoms with van der Waals surface area (Å²) in [5.41, 5.74) is 0.926. The van der Waals surface area contributed by atoms with E-state index in [0.717, 1.165) is 31.2 Å². The molecule has 1 amide bonds. The predicted octanol–water partition coefficient (Wildman–Crippen LogP) is 3.47. The van der Waals surface area contributed by atoms with Gasteiger partial charge in [0, 0.05) is 35.5 Å². The number of nitrogens with zero attached hydrogens (tertiary/aromatic N) is 3. The van der Waals surface area contributed by atoms with Crippen molar-refractivity contribution in [1.29, 1.82) is 0 Å². The number of hydrogen-bond acceptors (Lipinski definition) is 2. The summed E-state index contributed by atoms with van der Waals surface area (Å²) in [6.07, 6.45) is 10.5. The molecule has 3 heterocycles. The summed E-state index contributed by atoms with van der Waals surface area (Å²) in [7, 11) is 0. The highest BCUT2D eigenvalue weighted by Gasteiger charge is 2.43. The third-order valence-corrected chi connectivity index (χ3v) is 5.61. The molecule has 1 aromatic carbocycles. The Bertz CT molecular complexity index is 686. The Morgan fingerprint density at radius 2 is 1.91 bits per heavy atom. The molecule has 0 radical (unpaired) electrons. The van der Waals surface area contributed by atoms with Crippen LogP contribution in [0.1, 0.15) is 37.3 Å². The minimum absolute atomic E-state index is 0.217. The quantitative estimate of drug-likeness (QED) is 0.864. The number of rotatable bonds is 3. The Morgan fingerprint density at radius 3 is 2.57 bits per heavy atom. The van der Waals surface area contributed by atoms with Gasteiger partial charge in [0.2, 0.25) is 5.91 Å². The van der Waals surface area contributed by atoms with Crippen LogP contribution < -0.4 is 0 Å². The third-order valence-electron chi connectivity index (χ3n) is 5.24. The van der Waals surface area contributed by atoms with Crippen LogP contribution in [0.15, 0.2) is 43.0 Å². The second kappa shape index (κ2) is 6.00. The van der Waals surface area contributed by atoms with E-state index >= 15 is 0 Å². The molecule has 2 aromatic rings.